The quantitative estimate of drug-likeness (QED) is 0.893. The Labute approximate surface area is 126 Å². The molecule has 0 saturated heterocycles. The molecule has 106 valence electrons. The summed E-state index contributed by atoms with van der Waals surface area (Å²) in [4.78, 5) is 0. The molecular formula is C16H17BrFNO. The Morgan fingerprint density at radius 3 is 2.55 bits per heavy atom. The van der Waals surface area contributed by atoms with Crippen LogP contribution in [0.25, 0.3) is 0 Å². The first-order valence-electron chi connectivity index (χ1n) is 6.42. The lowest BCUT2D eigenvalue weighted by molar-refractivity contribution is 0.147. The highest BCUT2D eigenvalue weighted by Crippen LogP contribution is 2.32. The average molecular weight is 338 g/mol. The number of halogens is 2. The van der Waals surface area contributed by atoms with Gasteiger partial charge in [-0.2, -0.15) is 0 Å². The summed E-state index contributed by atoms with van der Waals surface area (Å²) in [6, 6.07) is 12.4. The standard InChI is InChI=1S/C16H17BrFNO/c1-10-5-6-12(8-15(10)18)16(20)14(9-19)11-3-2-4-13(17)7-11/h2-8,14,16,20H,9,19H2,1H3. The number of hydrogen-bond donors (Lipinski definition) is 2. The Morgan fingerprint density at radius 2 is 1.95 bits per heavy atom. The highest BCUT2D eigenvalue weighted by atomic mass is 79.9. The molecule has 2 aromatic rings. The maximum absolute atomic E-state index is 13.6. The van der Waals surface area contributed by atoms with Crippen LogP contribution in [0, 0.1) is 12.7 Å². The topological polar surface area (TPSA) is 46.2 Å². The Hall–Kier alpha value is -1.23. The summed E-state index contributed by atoms with van der Waals surface area (Å²) in [7, 11) is 0. The molecule has 2 nitrogen and oxygen atoms in total. The van der Waals surface area contributed by atoms with Crippen molar-refractivity contribution in [1.82, 2.24) is 0 Å². The lowest BCUT2D eigenvalue weighted by Crippen LogP contribution is -2.20. The summed E-state index contributed by atoms with van der Waals surface area (Å²) in [6.45, 7) is 1.98. The van der Waals surface area contributed by atoms with E-state index >= 15 is 0 Å². The molecule has 2 unspecified atom stereocenters. The zero-order valence-corrected chi connectivity index (χ0v) is 12.8. The maximum Gasteiger partial charge on any atom is 0.126 e. The summed E-state index contributed by atoms with van der Waals surface area (Å²) in [5.74, 6) is -0.582. The SMILES string of the molecule is Cc1ccc(C(O)C(CN)c2cccc(Br)c2)cc1F. The van der Waals surface area contributed by atoms with Crippen LogP contribution >= 0.6 is 15.9 Å². The molecule has 0 amide bonds. The molecule has 3 N–H and O–H groups in total. The lowest BCUT2D eigenvalue weighted by Gasteiger charge is -2.22. The minimum absolute atomic E-state index is 0.269. The van der Waals surface area contributed by atoms with Crippen molar-refractivity contribution in [1.29, 1.82) is 0 Å². The van der Waals surface area contributed by atoms with Crippen molar-refractivity contribution in [2.24, 2.45) is 5.73 Å². The second-order valence-electron chi connectivity index (χ2n) is 4.85. The van der Waals surface area contributed by atoms with Crippen LogP contribution in [0.5, 0.6) is 0 Å². The van der Waals surface area contributed by atoms with Gasteiger partial charge < -0.3 is 10.8 Å². The number of aryl methyl sites for hydroxylation is 1. The van der Waals surface area contributed by atoms with Gasteiger partial charge in [0.15, 0.2) is 0 Å². The predicted molar refractivity (Wildman–Crippen MR) is 82.0 cm³/mol. The summed E-state index contributed by atoms with van der Waals surface area (Å²) < 4.78 is 14.6. The number of rotatable bonds is 4. The monoisotopic (exact) mass is 337 g/mol. The Bertz CT molecular complexity index is 603. The van der Waals surface area contributed by atoms with Gasteiger partial charge in [0.25, 0.3) is 0 Å². The Kier molecular flexibility index (Phi) is 4.91. The van der Waals surface area contributed by atoms with E-state index < -0.39 is 6.10 Å². The van der Waals surface area contributed by atoms with Crippen molar-refractivity contribution in [3.63, 3.8) is 0 Å². The van der Waals surface area contributed by atoms with Crippen molar-refractivity contribution in [3.8, 4) is 0 Å². The third-order valence-corrected chi connectivity index (χ3v) is 3.94. The molecule has 0 spiro atoms. The zero-order valence-electron chi connectivity index (χ0n) is 11.2. The van der Waals surface area contributed by atoms with Crippen molar-refractivity contribution < 1.29 is 9.50 Å². The molecule has 0 aliphatic rings. The van der Waals surface area contributed by atoms with Crippen LogP contribution in [0.15, 0.2) is 46.9 Å². The van der Waals surface area contributed by atoms with Crippen molar-refractivity contribution in [3.05, 3.63) is 69.4 Å². The van der Waals surface area contributed by atoms with Crippen LogP contribution in [-0.2, 0) is 0 Å². The predicted octanol–water partition coefficient (Wildman–Crippen LogP) is 3.67. The molecule has 0 saturated carbocycles. The molecule has 0 bridgehead atoms. The second-order valence-corrected chi connectivity index (χ2v) is 5.77. The molecule has 0 fully saturated rings. The van der Waals surface area contributed by atoms with E-state index in [2.05, 4.69) is 15.9 Å². The molecule has 0 radical (unpaired) electrons. The van der Waals surface area contributed by atoms with Crippen LogP contribution < -0.4 is 5.73 Å². The lowest BCUT2D eigenvalue weighted by atomic mass is 9.89. The smallest absolute Gasteiger partial charge is 0.126 e. The summed E-state index contributed by atoms with van der Waals surface area (Å²) in [6.07, 6.45) is -0.829. The minimum atomic E-state index is -0.829. The van der Waals surface area contributed by atoms with Crippen LogP contribution in [0.3, 0.4) is 0 Å². The van der Waals surface area contributed by atoms with E-state index in [0.29, 0.717) is 11.1 Å². The van der Waals surface area contributed by atoms with Gasteiger partial charge in [-0.3, -0.25) is 0 Å². The third kappa shape index (κ3) is 3.26. The highest BCUT2D eigenvalue weighted by molar-refractivity contribution is 9.10. The third-order valence-electron chi connectivity index (χ3n) is 3.45. The van der Waals surface area contributed by atoms with Crippen molar-refractivity contribution in [2.75, 3.05) is 6.54 Å². The molecule has 0 aliphatic carbocycles. The first kappa shape index (κ1) is 15.2. The van der Waals surface area contributed by atoms with Gasteiger partial charge >= 0.3 is 0 Å². The molecule has 2 rings (SSSR count). The van der Waals surface area contributed by atoms with Gasteiger partial charge in [0.2, 0.25) is 0 Å². The van der Waals surface area contributed by atoms with Crippen molar-refractivity contribution >= 4 is 15.9 Å². The molecule has 2 aromatic carbocycles. The van der Waals surface area contributed by atoms with Crippen LogP contribution in [0.4, 0.5) is 4.39 Å². The fourth-order valence-electron chi connectivity index (χ4n) is 2.21. The largest absolute Gasteiger partial charge is 0.388 e. The minimum Gasteiger partial charge on any atom is -0.388 e. The fourth-order valence-corrected chi connectivity index (χ4v) is 2.63. The number of benzene rings is 2. The van der Waals surface area contributed by atoms with E-state index in [1.807, 2.05) is 24.3 Å². The summed E-state index contributed by atoms with van der Waals surface area (Å²) in [5, 5.41) is 10.5. The van der Waals surface area contributed by atoms with Gasteiger partial charge in [-0.25, -0.2) is 4.39 Å². The molecule has 4 heteroatoms. The first-order valence-corrected chi connectivity index (χ1v) is 7.22. The Morgan fingerprint density at radius 1 is 1.20 bits per heavy atom. The normalized spacial score (nSPS) is 14.1. The van der Waals surface area contributed by atoms with Crippen LogP contribution in [0.1, 0.15) is 28.7 Å². The molecule has 0 aromatic heterocycles. The number of hydrogen-bond acceptors (Lipinski definition) is 2. The molecule has 0 heterocycles. The summed E-state index contributed by atoms with van der Waals surface area (Å²) >= 11 is 3.40. The van der Waals surface area contributed by atoms with E-state index in [-0.39, 0.29) is 18.3 Å². The van der Waals surface area contributed by atoms with Gasteiger partial charge in [-0.15, -0.1) is 0 Å². The molecular weight excluding hydrogens is 321 g/mol. The van der Waals surface area contributed by atoms with E-state index in [4.69, 9.17) is 5.73 Å². The second kappa shape index (κ2) is 6.48. The summed E-state index contributed by atoms with van der Waals surface area (Å²) in [5.41, 5.74) is 7.83. The number of nitrogens with two attached hydrogens (primary N) is 1. The van der Waals surface area contributed by atoms with E-state index in [0.717, 1.165) is 10.0 Å². The van der Waals surface area contributed by atoms with Gasteiger partial charge in [-0.05, 0) is 41.8 Å². The number of aliphatic hydroxyl groups excluding tert-OH is 1. The van der Waals surface area contributed by atoms with Crippen LogP contribution in [-0.4, -0.2) is 11.7 Å². The average Bonchev–Trinajstić information content (AvgIpc) is 2.42. The maximum atomic E-state index is 13.6. The van der Waals surface area contributed by atoms with Gasteiger partial charge in [0.05, 0.1) is 6.10 Å². The number of aliphatic hydroxyl groups is 1. The first-order chi connectivity index (χ1) is 9.52. The van der Waals surface area contributed by atoms with E-state index in [9.17, 15) is 9.50 Å². The molecule has 0 aliphatic heterocycles. The van der Waals surface area contributed by atoms with E-state index in [1.165, 1.54) is 6.07 Å². The van der Waals surface area contributed by atoms with Gasteiger partial charge in [0.1, 0.15) is 5.82 Å². The zero-order chi connectivity index (χ0) is 14.7. The highest BCUT2D eigenvalue weighted by Gasteiger charge is 2.22. The van der Waals surface area contributed by atoms with E-state index in [1.54, 1.807) is 19.1 Å². The van der Waals surface area contributed by atoms with Crippen molar-refractivity contribution in [2.45, 2.75) is 18.9 Å². The fraction of sp³-hybridized carbons (Fsp3) is 0.250. The molecule has 20 heavy (non-hydrogen) atoms. The Balaban J connectivity index is 2.33. The van der Waals surface area contributed by atoms with Crippen LogP contribution in [0.2, 0.25) is 0 Å². The molecule has 2 atom stereocenters. The van der Waals surface area contributed by atoms with Gasteiger partial charge in [0, 0.05) is 16.9 Å². The van der Waals surface area contributed by atoms with Gasteiger partial charge in [-0.1, -0.05) is 40.2 Å².